The fourth-order valence-electron chi connectivity index (χ4n) is 3.18. The minimum atomic E-state index is -0.687. The molecule has 0 N–H and O–H groups in total. The largest absolute Gasteiger partial charge is 0.467 e. The highest BCUT2D eigenvalue weighted by molar-refractivity contribution is 7.10. The third-order valence-corrected chi connectivity index (χ3v) is 5.36. The molecule has 2 amide bonds. The molecule has 1 aromatic heterocycles. The molecule has 2 aliphatic rings. The number of methoxy groups -OCH3 is 1. The lowest BCUT2D eigenvalue weighted by molar-refractivity contribution is -0.155. The number of likely N-dealkylation sites (tertiary alicyclic amines) is 1. The molecule has 7 heteroatoms. The first-order valence-electron chi connectivity index (χ1n) is 7.21. The number of esters is 1. The van der Waals surface area contributed by atoms with Crippen LogP contribution in [0.25, 0.3) is 0 Å². The zero-order valence-electron chi connectivity index (χ0n) is 12.6. The van der Waals surface area contributed by atoms with E-state index in [4.69, 9.17) is 4.74 Å². The van der Waals surface area contributed by atoms with Gasteiger partial charge in [-0.25, -0.2) is 4.79 Å². The van der Waals surface area contributed by atoms with Crippen molar-refractivity contribution in [3.63, 3.8) is 0 Å². The Morgan fingerprint density at radius 3 is 2.82 bits per heavy atom. The van der Waals surface area contributed by atoms with Gasteiger partial charge in [0.05, 0.1) is 13.0 Å². The Kier molecular flexibility index (Phi) is 3.90. The summed E-state index contributed by atoms with van der Waals surface area (Å²) in [6, 6.07) is 1.20. The molecule has 0 aromatic carbocycles. The number of thiophene rings is 1. The first-order chi connectivity index (χ1) is 10.5. The minimum Gasteiger partial charge on any atom is -0.467 e. The highest BCUT2D eigenvalue weighted by atomic mass is 32.1. The second-order valence-electron chi connectivity index (χ2n) is 5.68. The summed E-state index contributed by atoms with van der Waals surface area (Å²) in [5.41, 5.74) is 0.856. The fourth-order valence-corrected chi connectivity index (χ4v) is 4.09. The molecule has 0 bridgehead atoms. The van der Waals surface area contributed by atoms with E-state index in [0.717, 1.165) is 16.9 Å². The molecule has 0 saturated carbocycles. The summed E-state index contributed by atoms with van der Waals surface area (Å²) in [7, 11) is 3.03. The lowest BCUT2D eigenvalue weighted by atomic mass is 9.97. The van der Waals surface area contributed by atoms with Gasteiger partial charge in [-0.15, -0.1) is 11.3 Å². The molecule has 6 nitrogen and oxygen atoms in total. The van der Waals surface area contributed by atoms with Gasteiger partial charge < -0.3 is 14.5 Å². The standard InChI is InChI=1S/C15H18N2O4S/c1-16-8-9(7-12(16)18)14(19)17-5-3-11-10(4-6-22-11)13(17)15(20)21-2/h4,6,9,13H,3,5,7-8H2,1-2H3/t9-,13-/m0/s1. The second kappa shape index (κ2) is 5.72. The van der Waals surface area contributed by atoms with Gasteiger partial charge in [-0.2, -0.15) is 0 Å². The molecule has 0 radical (unpaired) electrons. The third kappa shape index (κ3) is 2.39. The van der Waals surface area contributed by atoms with E-state index in [1.54, 1.807) is 28.2 Å². The highest BCUT2D eigenvalue weighted by Crippen LogP contribution is 2.35. The lowest BCUT2D eigenvalue weighted by Crippen LogP contribution is -2.46. The van der Waals surface area contributed by atoms with E-state index in [-0.39, 0.29) is 24.2 Å². The van der Waals surface area contributed by atoms with Gasteiger partial charge in [0.15, 0.2) is 6.04 Å². The van der Waals surface area contributed by atoms with Crippen LogP contribution in [-0.2, 0) is 25.5 Å². The molecule has 2 aliphatic heterocycles. The molecule has 0 aliphatic carbocycles. The van der Waals surface area contributed by atoms with Gasteiger partial charge in [-0.1, -0.05) is 0 Å². The Balaban J connectivity index is 1.87. The smallest absolute Gasteiger partial charge is 0.333 e. The van der Waals surface area contributed by atoms with Crippen LogP contribution in [0.2, 0.25) is 0 Å². The van der Waals surface area contributed by atoms with Crippen LogP contribution in [0, 0.1) is 5.92 Å². The lowest BCUT2D eigenvalue weighted by Gasteiger charge is -2.35. The van der Waals surface area contributed by atoms with E-state index < -0.39 is 12.0 Å². The molecule has 0 unspecified atom stereocenters. The summed E-state index contributed by atoms with van der Waals surface area (Å²) in [5, 5.41) is 1.93. The summed E-state index contributed by atoms with van der Waals surface area (Å²) in [4.78, 5) is 40.9. The van der Waals surface area contributed by atoms with Crippen LogP contribution in [0.1, 0.15) is 22.9 Å². The number of hydrogen-bond acceptors (Lipinski definition) is 5. The average Bonchev–Trinajstić information content (AvgIpc) is 3.11. The zero-order valence-corrected chi connectivity index (χ0v) is 13.4. The molecule has 22 heavy (non-hydrogen) atoms. The van der Waals surface area contributed by atoms with E-state index >= 15 is 0 Å². The molecule has 1 fully saturated rings. The molecule has 1 saturated heterocycles. The number of carbonyl (C=O) groups excluding carboxylic acids is 3. The average molecular weight is 322 g/mol. The van der Waals surface area contributed by atoms with Crippen LogP contribution >= 0.6 is 11.3 Å². The number of nitrogens with zero attached hydrogens (tertiary/aromatic N) is 2. The molecule has 2 atom stereocenters. The Morgan fingerprint density at radius 2 is 2.18 bits per heavy atom. The quantitative estimate of drug-likeness (QED) is 0.756. The van der Waals surface area contributed by atoms with Crippen molar-refractivity contribution >= 4 is 29.1 Å². The van der Waals surface area contributed by atoms with Crippen LogP contribution in [0.4, 0.5) is 0 Å². The molecule has 1 aromatic rings. The van der Waals surface area contributed by atoms with Crippen LogP contribution in [0.5, 0.6) is 0 Å². The number of rotatable bonds is 2. The third-order valence-electron chi connectivity index (χ3n) is 4.36. The van der Waals surface area contributed by atoms with E-state index in [1.165, 1.54) is 7.11 Å². The summed E-state index contributed by atoms with van der Waals surface area (Å²) in [6.07, 6.45) is 0.957. The number of ether oxygens (including phenoxy) is 1. The van der Waals surface area contributed by atoms with Crippen LogP contribution in [0.15, 0.2) is 11.4 Å². The molecule has 3 heterocycles. The maximum atomic E-state index is 12.8. The van der Waals surface area contributed by atoms with E-state index in [0.29, 0.717) is 13.1 Å². The number of hydrogen-bond donors (Lipinski definition) is 0. The molecule has 3 rings (SSSR count). The first kappa shape index (κ1) is 15.0. The number of fused-ring (bicyclic) bond motifs is 1. The van der Waals surface area contributed by atoms with Gasteiger partial charge in [0, 0.05) is 31.4 Å². The Labute approximate surface area is 132 Å². The van der Waals surface area contributed by atoms with Crippen LogP contribution in [-0.4, -0.2) is 54.8 Å². The van der Waals surface area contributed by atoms with E-state index in [1.807, 2.05) is 11.4 Å². The Morgan fingerprint density at radius 1 is 1.41 bits per heavy atom. The van der Waals surface area contributed by atoms with E-state index in [2.05, 4.69) is 0 Å². The summed E-state index contributed by atoms with van der Waals surface area (Å²) in [6.45, 7) is 0.902. The van der Waals surface area contributed by atoms with Crippen molar-refractivity contribution in [1.82, 2.24) is 9.80 Å². The van der Waals surface area contributed by atoms with Gasteiger partial charge in [0.1, 0.15) is 0 Å². The zero-order chi connectivity index (χ0) is 15.9. The molecular formula is C15H18N2O4S. The predicted molar refractivity (Wildman–Crippen MR) is 80.2 cm³/mol. The van der Waals surface area contributed by atoms with Crippen molar-refractivity contribution < 1.29 is 19.1 Å². The Hall–Kier alpha value is -1.89. The van der Waals surface area contributed by atoms with Crippen molar-refractivity contribution in [2.45, 2.75) is 18.9 Å². The van der Waals surface area contributed by atoms with Crippen molar-refractivity contribution in [2.24, 2.45) is 5.92 Å². The summed E-state index contributed by atoms with van der Waals surface area (Å²) in [5.74, 6) is -0.957. The van der Waals surface area contributed by atoms with Gasteiger partial charge in [0.25, 0.3) is 0 Å². The highest BCUT2D eigenvalue weighted by Gasteiger charge is 2.42. The fraction of sp³-hybridized carbons (Fsp3) is 0.533. The van der Waals surface area contributed by atoms with Crippen molar-refractivity contribution in [3.05, 3.63) is 21.9 Å². The monoisotopic (exact) mass is 322 g/mol. The minimum absolute atomic E-state index is 0.0267. The SMILES string of the molecule is COC(=O)[C@@H]1c2ccsc2CCN1C(=O)[C@H]1CC(=O)N(C)C1. The number of carbonyl (C=O) groups is 3. The van der Waals surface area contributed by atoms with Crippen LogP contribution in [0.3, 0.4) is 0 Å². The summed E-state index contributed by atoms with van der Waals surface area (Å²) >= 11 is 1.60. The van der Waals surface area contributed by atoms with Gasteiger partial charge >= 0.3 is 5.97 Å². The summed E-state index contributed by atoms with van der Waals surface area (Å²) < 4.78 is 4.90. The topological polar surface area (TPSA) is 66.9 Å². The maximum absolute atomic E-state index is 12.8. The maximum Gasteiger partial charge on any atom is 0.333 e. The number of amides is 2. The molecule has 118 valence electrons. The van der Waals surface area contributed by atoms with Gasteiger partial charge in [0.2, 0.25) is 11.8 Å². The predicted octanol–water partition coefficient (Wildman–Crippen LogP) is 0.825. The van der Waals surface area contributed by atoms with Crippen molar-refractivity contribution in [3.8, 4) is 0 Å². The Bertz CT molecular complexity index is 627. The van der Waals surface area contributed by atoms with Crippen molar-refractivity contribution in [2.75, 3.05) is 27.2 Å². The molecule has 0 spiro atoms. The van der Waals surface area contributed by atoms with Gasteiger partial charge in [-0.05, 0) is 23.4 Å². The van der Waals surface area contributed by atoms with Gasteiger partial charge in [-0.3, -0.25) is 9.59 Å². The van der Waals surface area contributed by atoms with Crippen LogP contribution < -0.4 is 0 Å². The van der Waals surface area contributed by atoms with Crippen molar-refractivity contribution in [1.29, 1.82) is 0 Å². The first-order valence-corrected chi connectivity index (χ1v) is 8.09. The molecular weight excluding hydrogens is 304 g/mol. The van der Waals surface area contributed by atoms with E-state index in [9.17, 15) is 14.4 Å². The second-order valence-corrected chi connectivity index (χ2v) is 6.68. The normalized spacial score (nSPS) is 24.4.